The van der Waals surface area contributed by atoms with Crippen molar-refractivity contribution in [2.75, 3.05) is 6.54 Å². The molecule has 0 radical (unpaired) electrons. The summed E-state index contributed by atoms with van der Waals surface area (Å²) in [5.74, 6) is 2.16. The van der Waals surface area contributed by atoms with Crippen LogP contribution in [-0.2, 0) is 11.2 Å². The normalized spacial score (nSPS) is 14.5. The number of para-hydroxylation sites is 1. The van der Waals surface area contributed by atoms with E-state index in [1.807, 2.05) is 97.1 Å². The number of ether oxygens (including phenoxy) is 1. The number of carbonyl (C=O) groups is 1. The first kappa shape index (κ1) is 20.9. The molecule has 5 heteroatoms. The number of benzene rings is 3. The summed E-state index contributed by atoms with van der Waals surface area (Å²) in [6.45, 7) is 0.592. The first-order valence-corrected chi connectivity index (χ1v) is 11.7. The van der Waals surface area contributed by atoms with Crippen LogP contribution in [0, 0.1) is 0 Å². The van der Waals surface area contributed by atoms with Crippen LogP contribution < -0.4 is 4.74 Å². The Morgan fingerprint density at radius 2 is 1.52 bits per heavy atom. The average Bonchev–Trinajstić information content (AvgIpc) is 3.48. The molecule has 0 saturated carbocycles. The molecule has 0 aliphatic carbocycles. The highest BCUT2D eigenvalue weighted by Crippen LogP contribution is 2.25. The molecule has 0 N–H and O–H groups in total. The van der Waals surface area contributed by atoms with Crippen molar-refractivity contribution in [1.29, 1.82) is 0 Å². The second-order valence-corrected chi connectivity index (χ2v) is 8.63. The van der Waals surface area contributed by atoms with E-state index in [1.165, 1.54) is 4.88 Å². The molecule has 3 aromatic carbocycles. The lowest BCUT2D eigenvalue weighted by molar-refractivity contribution is -0.122. The van der Waals surface area contributed by atoms with Crippen LogP contribution in [-0.4, -0.2) is 23.2 Å². The molecule has 162 valence electrons. The third-order valence-corrected chi connectivity index (χ3v) is 6.24. The van der Waals surface area contributed by atoms with Gasteiger partial charge in [-0.25, -0.2) is 4.99 Å². The molecule has 2 heterocycles. The van der Waals surface area contributed by atoms with Crippen molar-refractivity contribution in [2.24, 2.45) is 4.99 Å². The molecule has 5 rings (SSSR count). The van der Waals surface area contributed by atoms with Gasteiger partial charge in [0.1, 0.15) is 23.0 Å². The van der Waals surface area contributed by atoms with Gasteiger partial charge in [0.05, 0.1) is 0 Å². The van der Waals surface area contributed by atoms with Gasteiger partial charge in [0.15, 0.2) is 0 Å². The molecule has 0 spiro atoms. The molecule has 1 aromatic heterocycles. The Morgan fingerprint density at radius 3 is 2.21 bits per heavy atom. The zero-order chi connectivity index (χ0) is 22.5. The van der Waals surface area contributed by atoms with Crippen molar-refractivity contribution in [3.63, 3.8) is 0 Å². The van der Waals surface area contributed by atoms with E-state index in [1.54, 1.807) is 16.2 Å². The molecule has 4 nitrogen and oxygen atoms in total. The molecule has 0 fully saturated rings. The highest BCUT2D eigenvalue weighted by molar-refractivity contribution is 7.09. The second-order valence-electron chi connectivity index (χ2n) is 7.60. The Hall–Kier alpha value is -3.96. The van der Waals surface area contributed by atoms with Gasteiger partial charge in [-0.1, -0.05) is 66.7 Å². The Morgan fingerprint density at radius 1 is 0.818 bits per heavy atom. The van der Waals surface area contributed by atoms with Crippen LogP contribution in [0.5, 0.6) is 11.5 Å². The summed E-state index contributed by atoms with van der Waals surface area (Å²) in [4.78, 5) is 21.1. The number of nitrogens with zero attached hydrogens (tertiary/aromatic N) is 2. The highest BCUT2D eigenvalue weighted by atomic mass is 32.1. The van der Waals surface area contributed by atoms with Crippen molar-refractivity contribution in [2.45, 2.75) is 6.42 Å². The summed E-state index contributed by atoms with van der Waals surface area (Å²) >= 11 is 1.71. The lowest BCUT2D eigenvalue weighted by Gasteiger charge is -2.18. The van der Waals surface area contributed by atoms with E-state index < -0.39 is 0 Å². The predicted molar refractivity (Wildman–Crippen MR) is 134 cm³/mol. The maximum atomic E-state index is 13.3. The van der Waals surface area contributed by atoms with Gasteiger partial charge in [0, 0.05) is 17.0 Å². The fourth-order valence-electron chi connectivity index (χ4n) is 3.66. The molecule has 0 unspecified atom stereocenters. The minimum Gasteiger partial charge on any atom is -0.457 e. The number of amidine groups is 1. The lowest BCUT2D eigenvalue weighted by Crippen LogP contribution is -2.34. The fourth-order valence-corrected chi connectivity index (χ4v) is 4.36. The minimum absolute atomic E-state index is 0.0741. The number of amides is 1. The average molecular weight is 451 g/mol. The fraction of sp³-hybridized carbons (Fsp3) is 0.0714. The number of rotatable bonds is 7. The number of hydrogen-bond donors (Lipinski definition) is 0. The predicted octanol–water partition coefficient (Wildman–Crippen LogP) is 6.41. The molecular weight excluding hydrogens is 428 g/mol. The Kier molecular flexibility index (Phi) is 6.13. The van der Waals surface area contributed by atoms with Crippen LogP contribution >= 0.6 is 11.3 Å². The smallest absolute Gasteiger partial charge is 0.278 e. The van der Waals surface area contributed by atoms with E-state index in [0.717, 1.165) is 29.0 Å². The van der Waals surface area contributed by atoms with Gasteiger partial charge < -0.3 is 4.74 Å². The summed E-state index contributed by atoms with van der Waals surface area (Å²) < 4.78 is 5.86. The summed E-state index contributed by atoms with van der Waals surface area (Å²) in [6, 6.07) is 31.3. The monoisotopic (exact) mass is 450 g/mol. The number of thiophene rings is 1. The summed E-state index contributed by atoms with van der Waals surface area (Å²) in [5, 5.41) is 2.06. The van der Waals surface area contributed by atoms with Crippen LogP contribution in [0.25, 0.3) is 6.08 Å². The Balaban J connectivity index is 1.38. The first-order chi connectivity index (χ1) is 16.3. The van der Waals surface area contributed by atoms with E-state index in [9.17, 15) is 4.79 Å². The van der Waals surface area contributed by atoms with Crippen LogP contribution in [0.2, 0.25) is 0 Å². The molecule has 0 bridgehead atoms. The molecular formula is C28H22N2O2S. The van der Waals surface area contributed by atoms with E-state index in [0.29, 0.717) is 18.1 Å². The Bertz CT molecular complexity index is 1280. The highest BCUT2D eigenvalue weighted by Gasteiger charge is 2.30. The summed E-state index contributed by atoms with van der Waals surface area (Å²) in [7, 11) is 0. The van der Waals surface area contributed by atoms with Crippen LogP contribution in [0.4, 0.5) is 0 Å². The van der Waals surface area contributed by atoms with E-state index in [4.69, 9.17) is 9.73 Å². The van der Waals surface area contributed by atoms with Gasteiger partial charge in [-0.05, 0) is 53.8 Å². The molecule has 4 aromatic rings. The maximum absolute atomic E-state index is 13.3. The van der Waals surface area contributed by atoms with E-state index in [-0.39, 0.29) is 5.91 Å². The first-order valence-electron chi connectivity index (χ1n) is 10.8. The topological polar surface area (TPSA) is 41.9 Å². The minimum atomic E-state index is -0.0741. The van der Waals surface area contributed by atoms with Crippen molar-refractivity contribution in [3.8, 4) is 11.5 Å². The van der Waals surface area contributed by atoms with Gasteiger partial charge >= 0.3 is 0 Å². The standard InChI is InChI=1S/C28H22N2O2S/c31-28-26(20-21-13-15-24(16-14-21)32-23-10-5-2-6-11-23)29-27(22-8-3-1-4-9-22)30(28)18-17-25-12-7-19-33-25/h1-16,19-20H,17-18H2/b26-20-. The largest absolute Gasteiger partial charge is 0.457 e. The van der Waals surface area contributed by atoms with Gasteiger partial charge in [0.25, 0.3) is 5.91 Å². The molecule has 1 aliphatic heterocycles. The lowest BCUT2D eigenvalue weighted by atomic mass is 10.1. The van der Waals surface area contributed by atoms with Crippen molar-refractivity contribution in [1.82, 2.24) is 4.90 Å². The van der Waals surface area contributed by atoms with Crippen LogP contribution in [0.15, 0.2) is 113 Å². The zero-order valence-corrected chi connectivity index (χ0v) is 18.7. The quantitative estimate of drug-likeness (QED) is 0.305. The van der Waals surface area contributed by atoms with Crippen molar-refractivity contribution in [3.05, 3.63) is 124 Å². The molecule has 33 heavy (non-hydrogen) atoms. The van der Waals surface area contributed by atoms with Crippen molar-refractivity contribution >= 4 is 29.2 Å². The summed E-state index contributed by atoms with van der Waals surface area (Å²) in [6.07, 6.45) is 2.64. The van der Waals surface area contributed by atoms with Gasteiger partial charge in [-0.15, -0.1) is 11.3 Å². The van der Waals surface area contributed by atoms with Crippen molar-refractivity contribution < 1.29 is 9.53 Å². The third-order valence-electron chi connectivity index (χ3n) is 5.30. The number of hydrogen-bond acceptors (Lipinski definition) is 4. The maximum Gasteiger partial charge on any atom is 0.278 e. The van der Waals surface area contributed by atoms with E-state index >= 15 is 0 Å². The third kappa shape index (κ3) is 4.94. The SMILES string of the molecule is O=C1/C(=C/c2ccc(Oc3ccccc3)cc2)N=C(c2ccccc2)N1CCc1cccs1. The molecule has 0 saturated heterocycles. The second kappa shape index (κ2) is 9.67. The van der Waals surface area contributed by atoms with Crippen LogP contribution in [0.3, 0.4) is 0 Å². The molecule has 0 atom stereocenters. The zero-order valence-electron chi connectivity index (χ0n) is 17.9. The number of aliphatic imine (C=N–C) groups is 1. The molecule has 1 aliphatic rings. The molecule has 1 amide bonds. The van der Waals surface area contributed by atoms with Gasteiger partial charge in [-0.3, -0.25) is 9.69 Å². The summed E-state index contributed by atoms with van der Waals surface area (Å²) in [5.41, 5.74) is 2.28. The van der Waals surface area contributed by atoms with Crippen LogP contribution in [0.1, 0.15) is 16.0 Å². The van der Waals surface area contributed by atoms with E-state index in [2.05, 4.69) is 11.4 Å². The Labute approximate surface area is 197 Å². The number of carbonyl (C=O) groups excluding carboxylic acids is 1. The van der Waals surface area contributed by atoms with Gasteiger partial charge in [0.2, 0.25) is 0 Å². The van der Waals surface area contributed by atoms with Gasteiger partial charge in [-0.2, -0.15) is 0 Å².